The van der Waals surface area contributed by atoms with Crippen LogP contribution in [0, 0.1) is 0 Å². The maximum Gasteiger partial charge on any atom is 0.333 e. The van der Waals surface area contributed by atoms with E-state index in [9.17, 15) is 14.4 Å². The van der Waals surface area contributed by atoms with Crippen molar-refractivity contribution in [3.63, 3.8) is 0 Å². The summed E-state index contributed by atoms with van der Waals surface area (Å²) in [6.07, 6.45) is 6.24. The molecule has 1 aromatic heterocycles. The van der Waals surface area contributed by atoms with Gasteiger partial charge in [0.05, 0.1) is 5.69 Å². The Morgan fingerprint density at radius 3 is 2.79 bits per heavy atom. The molecule has 0 spiro atoms. The minimum Gasteiger partial charge on any atom is -0.298 e. The highest BCUT2D eigenvalue weighted by molar-refractivity contribution is 7.15. The van der Waals surface area contributed by atoms with Crippen LogP contribution in [0.5, 0.6) is 0 Å². The number of rotatable bonds is 4. The normalized spacial score (nSPS) is 22.5. The van der Waals surface area contributed by atoms with E-state index in [1.165, 1.54) is 34.5 Å². The van der Waals surface area contributed by atoms with Gasteiger partial charge in [0, 0.05) is 19.0 Å². The predicted octanol–water partition coefficient (Wildman–Crippen LogP) is 1.08. The molecule has 0 radical (unpaired) electrons. The van der Waals surface area contributed by atoms with E-state index >= 15 is 0 Å². The number of urea groups is 1. The minimum absolute atomic E-state index is 0.226. The Hall–Kier alpha value is -2.62. The van der Waals surface area contributed by atoms with Crippen molar-refractivity contribution < 1.29 is 19.0 Å². The summed E-state index contributed by atoms with van der Waals surface area (Å²) >= 11 is 1.53. The fraction of sp³-hybridized carbons (Fsp3) is 0.556. The number of nitrogens with one attached hydrogen (secondary N) is 1. The lowest BCUT2D eigenvalue weighted by molar-refractivity contribution is -0.555. The summed E-state index contributed by atoms with van der Waals surface area (Å²) in [5, 5.41) is 3.53. The third-order valence-electron chi connectivity index (χ3n) is 5.47. The van der Waals surface area contributed by atoms with E-state index < -0.39 is 18.1 Å². The van der Waals surface area contributed by atoms with Gasteiger partial charge in [-0.25, -0.2) is 14.4 Å². The van der Waals surface area contributed by atoms with Crippen LogP contribution in [0.25, 0.3) is 0 Å². The van der Waals surface area contributed by atoms with E-state index in [-0.39, 0.29) is 11.8 Å². The SMILES string of the molecule is CCC(C(=O)Nc1nc2c(s1)CCCC2)[N+]1=CN=C2C1C(=O)N(C)C(=O)N2C. The van der Waals surface area contributed by atoms with Gasteiger partial charge in [-0.3, -0.25) is 24.7 Å². The second-order valence-electron chi connectivity index (χ2n) is 7.20. The van der Waals surface area contributed by atoms with Crippen molar-refractivity contribution in [2.24, 2.45) is 4.99 Å². The van der Waals surface area contributed by atoms with Crippen LogP contribution in [0.1, 0.15) is 36.8 Å². The molecule has 1 fully saturated rings. The molecule has 9 nitrogen and oxygen atoms in total. The van der Waals surface area contributed by atoms with E-state index in [0.29, 0.717) is 17.4 Å². The molecule has 3 aliphatic rings. The van der Waals surface area contributed by atoms with Gasteiger partial charge in [-0.2, -0.15) is 0 Å². The molecule has 0 bridgehead atoms. The van der Waals surface area contributed by atoms with Crippen molar-refractivity contribution in [3.05, 3.63) is 10.6 Å². The van der Waals surface area contributed by atoms with Gasteiger partial charge in [0.25, 0.3) is 30.0 Å². The molecule has 28 heavy (non-hydrogen) atoms. The standard InChI is InChI=1S/C18H22N6O3S/c1-4-11(15(25)21-17-20-10-7-5-6-8-12(10)28-17)24-9-19-14-13(24)16(26)23(3)18(27)22(14)2/h9,11,13H,4-8H2,1-3H3/p+1. The zero-order chi connectivity index (χ0) is 20.0. The highest BCUT2D eigenvalue weighted by Crippen LogP contribution is 2.30. The van der Waals surface area contributed by atoms with E-state index in [0.717, 1.165) is 36.3 Å². The number of imide groups is 1. The van der Waals surface area contributed by atoms with Gasteiger partial charge in [0.2, 0.25) is 0 Å². The molecule has 4 rings (SSSR count). The number of carbonyl (C=O) groups excluding carboxylic acids is 3. The van der Waals surface area contributed by atoms with Gasteiger partial charge in [-0.1, -0.05) is 6.92 Å². The Balaban J connectivity index is 1.54. The van der Waals surface area contributed by atoms with Gasteiger partial charge >= 0.3 is 6.03 Å². The fourth-order valence-corrected chi connectivity index (χ4v) is 4.94. The largest absolute Gasteiger partial charge is 0.333 e. The van der Waals surface area contributed by atoms with Gasteiger partial charge in [0.1, 0.15) is 0 Å². The first kappa shape index (κ1) is 18.7. The predicted molar refractivity (Wildman–Crippen MR) is 105 cm³/mol. The maximum absolute atomic E-state index is 13.0. The van der Waals surface area contributed by atoms with Gasteiger partial charge in [0.15, 0.2) is 11.2 Å². The highest BCUT2D eigenvalue weighted by Gasteiger charge is 2.52. The second-order valence-corrected chi connectivity index (χ2v) is 8.28. The molecular weight excluding hydrogens is 380 g/mol. The molecule has 2 atom stereocenters. The Bertz CT molecular complexity index is 897. The van der Waals surface area contributed by atoms with Crippen LogP contribution in [-0.4, -0.2) is 75.6 Å². The molecule has 0 saturated carbocycles. The Kier molecular flexibility index (Phi) is 4.74. The molecule has 3 heterocycles. The summed E-state index contributed by atoms with van der Waals surface area (Å²) in [7, 11) is 3.02. The first-order valence-corrected chi connectivity index (χ1v) is 10.3. The Labute approximate surface area is 166 Å². The molecule has 4 amide bonds. The number of aryl methyl sites for hydroxylation is 2. The van der Waals surface area contributed by atoms with Crippen LogP contribution in [0.2, 0.25) is 0 Å². The third-order valence-corrected chi connectivity index (χ3v) is 6.55. The van der Waals surface area contributed by atoms with Crippen LogP contribution in [0.3, 0.4) is 0 Å². The number of amidine groups is 1. The number of fused-ring (bicyclic) bond motifs is 2. The van der Waals surface area contributed by atoms with Crippen molar-refractivity contribution in [1.82, 2.24) is 14.8 Å². The van der Waals surface area contributed by atoms with E-state index in [1.807, 2.05) is 6.92 Å². The van der Waals surface area contributed by atoms with Crippen LogP contribution in [0.4, 0.5) is 9.93 Å². The third kappa shape index (κ3) is 2.92. The number of aliphatic imine (C=N–C) groups is 1. The summed E-state index contributed by atoms with van der Waals surface area (Å²) in [6.45, 7) is 1.88. The lowest BCUT2D eigenvalue weighted by Gasteiger charge is -2.32. The smallest absolute Gasteiger partial charge is 0.298 e. The number of likely N-dealkylation sites (N-methyl/N-ethyl adjacent to an activating group) is 2. The number of carbonyl (C=O) groups is 3. The van der Waals surface area contributed by atoms with Crippen molar-refractivity contribution in [2.45, 2.75) is 51.1 Å². The molecular formula is C18H23N6O3S+. The second kappa shape index (κ2) is 7.08. The lowest BCUT2D eigenvalue weighted by Crippen LogP contribution is -2.63. The lowest BCUT2D eigenvalue weighted by atomic mass is 10.0. The van der Waals surface area contributed by atoms with Crippen molar-refractivity contribution >= 4 is 46.5 Å². The quantitative estimate of drug-likeness (QED) is 0.761. The molecule has 2 aliphatic heterocycles. The van der Waals surface area contributed by atoms with Crippen molar-refractivity contribution in [2.75, 3.05) is 19.4 Å². The summed E-state index contributed by atoms with van der Waals surface area (Å²) in [4.78, 5) is 50.3. The molecule has 2 unspecified atom stereocenters. The molecule has 10 heteroatoms. The maximum atomic E-state index is 13.0. The van der Waals surface area contributed by atoms with E-state index in [2.05, 4.69) is 15.3 Å². The van der Waals surface area contributed by atoms with Crippen LogP contribution >= 0.6 is 11.3 Å². The number of hydrogen-bond acceptors (Lipinski definition) is 6. The number of nitrogens with zero attached hydrogens (tertiary/aromatic N) is 5. The fourth-order valence-electron chi connectivity index (χ4n) is 3.89. The zero-order valence-corrected chi connectivity index (χ0v) is 17.0. The van der Waals surface area contributed by atoms with Crippen LogP contribution in [0.15, 0.2) is 4.99 Å². The minimum atomic E-state index is -0.770. The highest BCUT2D eigenvalue weighted by atomic mass is 32.1. The first-order chi connectivity index (χ1) is 13.4. The summed E-state index contributed by atoms with van der Waals surface area (Å²) in [6, 6.07) is -1.79. The van der Waals surface area contributed by atoms with Gasteiger partial charge in [-0.15, -0.1) is 11.3 Å². The topological polar surface area (TPSA) is 98.0 Å². The molecule has 148 valence electrons. The summed E-state index contributed by atoms with van der Waals surface area (Å²) < 4.78 is 1.64. The van der Waals surface area contributed by atoms with Crippen molar-refractivity contribution in [1.29, 1.82) is 0 Å². The molecule has 1 aliphatic carbocycles. The average molecular weight is 403 g/mol. The molecule has 0 aromatic carbocycles. The Morgan fingerprint density at radius 2 is 2.07 bits per heavy atom. The average Bonchev–Trinajstić information content (AvgIpc) is 3.29. The number of hydrogen-bond donors (Lipinski definition) is 1. The number of aromatic nitrogens is 1. The number of anilines is 1. The van der Waals surface area contributed by atoms with E-state index in [1.54, 1.807) is 11.6 Å². The summed E-state index contributed by atoms with van der Waals surface area (Å²) in [5.41, 5.74) is 1.09. The molecule has 1 N–H and O–H groups in total. The zero-order valence-electron chi connectivity index (χ0n) is 16.1. The summed E-state index contributed by atoms with van der Waals surface area (Å²) in [5.74, 6) is -0.257. The number of thiazole rings is 1. The Morgan fingerprint density at radius 1 is 1.32 bits per heavy atom. The van der Waals surface area contributed by atoms with Gasteiger partial charge < -0.3 is 0 Å². The number of amides is 4. The van der Waals surface area contributed by atoms with Crippen LogP contribution < -0.4 is 5.32 Å². The van der Waals surface area contributed by atoms with Gasteiger partial charge in [-0.05, 0) is 37.1 Å². The monoisotopic (exact) mass is 403 g/mol. The first-order valence-electron chi connectivity index (χ1n) is 9.45. The van der Waals surface area contributed by atoms with Crippen molar-refractivity contribution in [3.8, 4) is 0 Å². The van der Waals surface area contributed by atoms with Crippen LogP contribution in [-0.2, 0) is 22.4 Å². The van der Waals surface area contributed by atoms with E-state index in [4.69, 9.17) is 0 Å². The molecule has 1 saturated heterocycles. The molecule has 1 aromatic rings.